The van der Waals surface area contributed by atoms with Crippen LogP contribution in [0.2, 0.25) is 0 Å². The molecule has 7 nitrogen and oxygen atoms in total. The first kappa shape index (κ1) is 17.1. The molecule has 1 saturated heterocycles. The molecule has 130 valence electrons. The van der Waals surface area contributed by atoms with Crippen LogP contribution in [0.1, 0.15) is 38.2 Å². The molecule has 1 aromatic heterocycles. The zero-order valence-corrected chi connectivity index (χ0v) is 14.7. The van der Waals surface area contributed by atoms with Crippen molar-refractivity contribution >= 4 is 34.3 Å². The molecule has 2 heterocycles. The van der Waals surface area contributed by atoms with Gasteiger partial charge in [-0.3, -0.25) is 9.69 Å². The van der Waals surface area contributed by atoms with Crippen molar-refractivity contribution in [3.63, 3.8) is 0 Å². The number of aromatic nitrogens is 1. The predicted molar refractivity (Wildman–Crippen MR) is 93.4 cm³/mol. The van der Waals surface area contributed by atoms with Crippen molar-refractivity contribution in [2.24, 2.45) is 0 Å². The maximum absolute atomic E-state index is 12.6. The third-order valence-electron chi connectivity index (χ3n) is 4.01. The van der Waals surface area contributed by atoms with Crippen LogP contribution in [-0.4, -0.2) is 45.9 Å². The normalized spacial score (nSPS) is 14.2. The van der Waals surface area contributed by atoms with E-state index < -0.39 is 5.97 Å². The lowest BCUT2D eigenvalue weighted by atomic mass is 10.1. The molecule has 8 heteroatoms. The highest BCUT2D eigenvalue weighted by Gasteiger charge is 2.32. The van der Waals surface area contributed by atoms with Crippen LogP contribution in [0.15, 0.2) is 24.3 Å². The maximum Gasteiger partial charge on any atom is 0.335 e. The van der Waals surface area contributed by atoms with Gasteiger partial charge in [-0.25, -0.2) is 14.6 Å². The number of aryl methyl sites for hydroxylation is 1. The van der Waals surface area contributed by atoms with Gasteiger partial charge in [-0.1, -0.05) is 23.5 Å². The highest BCUT2D eigenvalue weighted by Crippen LogP contribution is 2.29. The van der Waals surface area contributed by atoms with E-state index in [1.165, 1.54) is 30.4 Å². The van der Waals surface area contributed by atoms with E-state index in [1.807, 2.05) is 0 Å². The van der Waals surface area contributed by atoms with E-state index in [9.17, 15) is 14.4 Å². The molecule has 1 N–H and O–H groups in total. The minimum Gasteiger partial charge on any atom is -0.478 e. The number of nitrogens with zero attached hydrogens (tertiary/aromatic N) is 3. The monoisotopic (exact) mass is 359 g/mol. The van der Waals surface area contributed by atoms with E-state index in [2.05, 4.69) is 4.98 Å². The maximum atomic E-state index is 12.6. The van der Waals surface area contributed by atoms with Crippen molar-refractivity contribution in [1.29, 1.82) is 0 Å². The smallest absolute Gasteiger partial charge is 0.335 e. The number of ketones is 1. The number of anilines is 1. The molecule has 0 spiro atoms. The van der Waals surface area contributed by atoms with Gasteiger partial charge in [0.25, 0.3) is 0 Å². The van der Waals surface area contributed by atoms with E-state index in [1.54, 1.807) is 28.9 Å². The fourth-order valence-corrected chi connectivity index (χ4v) is 3.69. The van der Waals surface area contributed by atoms with Crippen LogP contribution in [0.3, 0.4) is 0 Å². The highest BCUT2D eigenvalue weighted by molar-refractivity contribution is 7.17. The number of urea groups is 1. The van der Waals surface area contributed by atoms with Crippen molar-refractivity contribution in [3.8, 4) is 0 Å². The number of thiazole rings is 1. The highest BCUT2D eigenvalue weighted by atomic mass is 32.1. The Morgan fingerprint density at radius 1 is 1.24 bits per heavy atom. The zero-order chi connectivity index (χ0) is 18.1. The molecular weight excluding hydrogens is 342 g/mol. The molecule has 3 rings (SSSR count). The molecule has 1 fully saturated rings. The number of carbonyl (C=O) groups is 3. The summed E-state index contributed by atoms with van der Waals surface area (Å²) in [5.74, 6) is -1.03. The Morgan fingerprint density at radius 3 is 2.48 bits per heavy atom. The molecule has 2 aromatic rings. The van der Waals surface area contributed by atoms with Crippen LogP contribution in [0.25, 0.3) is 0 Å². The number of Topliss-reactive ketones (excluding diaryl/α,β-unsaturated/α-hetero) is 1. The minimum atomic E-state index is -0.976. The molecule has 1 aromatic carbocycles. The third kappa shape index (κ3) is 3.39. The van der Waals surface area contributed by atoms with Crippen LogP contribution < -0.4 is 4.90 Å². The lowest BCUT2D eigenvalue weighted by Crippen LogP contribution is -2.31. The van der Waals surface area contributed by atoms with Gasteiger partial charge >= 0.3 is 12.0 Å². The molecule has 2 amide bonds. The Hall–Kier alpha value is -2.74. The largest absolute Gasteiger partial charge is 0.478 e. The Bertz CT molecular complexity index is 844. The van der Waals surface area contributed by atoms with Crippen molar-refractivity contribution in [2.45, 2.75) is 20.4 Å². The number of rotatable bonds is 5. The molecular formula is C17H17N3O4S. The Morgan fingerprint density at radius 2 is 1.92 bits per heavy atom. The van der Waals surface area contributed by atoms with Crippen LogP contribution in [0, 0.1) is 6.92 Å². The van der Waals surface area contributed by atoms with Gasteiger partial charge < -0.3 is 10.0 Å². The average Bonchev–Trinajstić information content (AvgIpc) is 3.11. The van der Waals surface area contributed by atoms with Gasteiger partial charge in [-0.2, -0.15) is 0 Å². The van der Waals surface area contributed by atoms with E-state index in [0.29, 0.717) is 35.3 Å². The summed E-state index contributed by atoms with van der Waals surface area (Å²) >= 11 is 1.23. The minimum absolute atomic E-state index is 0.0525. The molecule has 25 heavy (non-hydrogen) atoms. The summed E-state index contributed by atoms with van der Waals surface area (Å²) in [6, 6.07) is 6.31. The second kappa shape index (κ2) is 6.64. The lowest BCUT2D eigenvalue weighted by molar-refractivity contribution is 0.0696. The van der Waals surface area contributed by atoms with Crippen LogP contribution >= 0.6 is 11.3 Å². The number of benzene rings is 1. The summed E-state index contributed by atoms with van der Waals surface area (Å²) in [6.07, 6.45) is 0. The molecule has 1 aliphatic rings. The van der Waals surface area contributed by atoms with Crippen LogP contribution in [0.5, 0.6) is 0 Å². The molecule has 0 bridgehead atoms. The second-order valence-electron chi connectivity index (χ2n) is 5.83. The van der Waals surface area contributed by atoms with Crippen molar-refractivity contribution in [1.82, 2.24) is 9.88 Å². The molecule has 0 atom stereocenters. The van der Waals surface area contributed by atoms with Crippen LogP contribution in [0.4, 0.5) is 9.93 Å². The quantitative estimate of drug-likeness (QED) is 0.829. The lowest BCUT2D eigenvalue weighted by Gasteiger charge is -2.17. The number of hydrogen-bond donors (Lipinski definition) is 1. The summed E-state index contributed by atoms with van der Waals surface area (Å²) < 4.78 is 0. The summed E-state index contributed by atoms with van der Waals surface area (Å²) in [5.41, 5.74) is 1.72. The van der Waals surface area contributed by atoms with Gasteiger partial charge in [0.2, 0.25) is 0 Å². The van der Waals surface area contributed by atoms with Crippen molar-refractivity contribution < 1.29 is 19.5 Å². The van der Waals surface area contributed by atoms with E-state index in [-0.39, 0.29) is 17.4 Å². The van der Waals surface area contributed by atoms with Crippen LogP contribution in [-0.2, 0) is 6.54 Å². The number of hydrogen-bond acceptors (Lipinski definition) is 5. The molecule has 0 aliphatic carbocycles. The Labute approximate surface area is 148 Å². The van der Waals surface area contributed by atoms with Crippen molar-refractivity contribution in [2.75, 3.05) is 18.0 Å². The number of carboxylic acid groups (broad SMARTS) is 1. The third-order valence-corrected chi connectivity index (χ3v) is 5.29. The average molecular weight is 359 g/mol. The zero-order valence-electron chi connectivity index (χ0n) is 13.9. The number of aromatic carboxylic acids is 1. The Balaban J connectivity index is 1.72. The van der Waals surface area contributed by atoms with Gasteiger partial charge in [0, 0.05) is 26.6 Å². The fourth-order valence-electron chi connectivity index (χ4n) is 2.70. The molecule has 0 unspecified atom stereocenters. The topological polar surface area (TPSA) is 90.8 Å². The number of amides is 2. The summed E-state index contributed by atoms with van der Waals surface area (Å²) in [6.45, 7) is 4.71. The van der Waals surface area contributed by atoms with Crippen molar-refractivity contribution in [3.05, 3.63) is 46.0 Å². The standard InChI is InChI=1S/C17H17N3O4S/c1-10-14(11(2)21)25-16(18-10)20-8-7-19(17(20)24)9-12-3-5-13(6-4-12)15(22)23/h3-6H,7-9H2,1-2H3,(H,22,23). The summed E-state index contributed by atoms with van der Waals surface area (Å²) in [5, 5.41) is 9.46. The van der Waals surface area contributed by atoms with Gasteiger partial charge in [0.1, 0.15) is 0 Å². The van der Waals surface area contributed by atoms with Gasteiger partial charge in [0.05, 0.1) is 16.1 Å². The van der Waals surface area contributed by atoms with Gasteiger partial charge in [-0.05, 0) is 24.6 Å². The molecule has 0 radical (unpaired) electrons. The second-order valence-corrected chi connectivity index (χ2v) is 6.80. The van der Waals surface area contributed by atoms with Gasteiger partial charge in [0.15, 0.2) is 10.9 Å². The fraction of sp³-hybridized carbons (Fsp3) is 0.294. The van der Waals surface area contributed by atoms with E-state index >= 15 is 0 Å². The SMILES string of the molecule is CC(=O)c1sc(N2CCN(Cc3ccc(C(=O)O)cc3)C2=O)nc1C. The predicted octanol–water partition coefficient (Wildman–Crippen LogP) is 2.79. The summed E-state index contributed by atoms with van der Waals surface area (Å²) in [7, 11) is 0. The van der Waals surface area contributed by atoms with E-state index in [4.69, 9.17) is 5.11 Å². The molecule has 0 saturated carbocycles. The summed E-state index contributed by atoms with van der Waals surface area (Å²) in [4.78, 5) is 43.3. The van der Waals surface area contributed by atoms with E-state index in [0.717, 1.165) is 5.56 Å². The first-order valence-electron chi connectivity index (χ1n) is 7.74. The van der Waals surface area contributed by atoms with Gasteiger partial charge in [-0.15, -0.1) is 0 Å². The first-order chi connectivity index (χ1) is 11.9. The number of carboxylic acids is 1. The Kier molecular flexibility index (Phi) is 4.54. The molecule has 1 aliphatic heterocycles. The first-order valence-corrected chi connectivity index (χ1v) is 8.55. The number of carbonyl (C=O) groups excluding carboxylic acids is 2.